The molecule has 1 amide bonds. The van der Waals surface area contributed by atoms with Gasteiger partial charge in [0.25, 0.3) is 5.91 Å². The predicted molar refractivity (Wildman–Crippen MR) is 76.7 cm³/mol. The lowest BCUT2D eigenvalue weighted by molar-refractivity contribution is 0.0347. The highest BCUT2D eigenvalue weighted by Gasteiger charge is 2.24. The number of carbonyl (C=O) groups excluding carboxylic acids is 1. The van der Waals surface area contributed by atoms with Crippen molar-refractivity contribution < 1.29 is 9.53 Å². The molecule has 0 aromatic carbocycles. The Hall–Kier alpha value is -1.69. The second-order valence-electron chi connectivity index (χ2n) is 4.94. The predicted octanol–water partition coefficient (Wildman–Crippen LogP) is 1.55. The first-order chi connectivity index (χ1) is 9.74. The van der Waals surface area contributed by atoms with E-state index >= 15 is 0 Å². The van der Waals surface area contributed by atoms with E-state index in [1.54, 1.807) is 19.5 Å². The molecule has 1 aliphatic heterocycles. The third kappa shape index (κ3) is 3.66. The number of piperidine rings is 1. The molecule has 1 aliphatic rings. The van der Waals surface area contributed by atoms with Crippen molar-refractivity contribution in [1.82, 2.24) is 14.9 Å². The van der Waals surface area contributed by atoms with Gasteiger partial charge in [0.2, 0.25) is 0 Å². The molecule has 0 saturated carbocycles. The SMILES string of the molecule is CCCNc1cnc(C(=O)N2CCC(OC)CC2)cn1. The third-order valence-electron chi connectivity index (χ3n) is 3.49. The van der Waals surface area contributed by atoms with Gasteiger partial charge in [-0.3, -0.25) is 4.79 Å². The molecule has 1 fully saturated rings. The molecule has 2 rings (SSSR count). The van der Waals surface area contributed by atoms with E-state index in [0.29, 0.717) is 11.5 Å². The summed E-state index contributed by atoms with van der Waals surface area (Å²) in [4.78, 5) is 22.5. The number of methoxy groups -OCH3 is 1. The molecule has 1 N–H and O–H groups in total. The van der Waals surface area contributed by atoms with Crippen LogP contribution in [0.3, 0.4) is 0 Å². The van der Waals surface area contributed by atoms with Crippen LogP contribution in [-0.4, -0.2) is 53.6 Å². The van der Waals surface area contributed by atoms with Gasteiger partial charge in [-0.15, -0.1) is 0 Å². The largest absolute Gasteiger partial charge is 0.381 e. The van der Waals surface area contributed by atoms with Crippen LogP contribution in [0.15, 0.2) is 12.4 Å². The Labute approximate surface area is 119 Å². The van der Waals surface area contributed by atoms with Gasteiger partial charge in [0.1, 0.15) is 11.5 Å². The number of ether oxygens (including phenoxy) is 1. The zero-order valence-electron chi connectivity index (χ0n) is 12.1. The summed E-state index contributed by atoms with van der Waals surface area (Å²) < 4.78 is 5.30. The quantitative estimate of drug-likeness (QED) is 0.885. The number of amides is 1. The monoisotopic (exact) mass is 278 g/mol. The molecule has 0 bridgehead atoms. The molecule has 6 heteroatoms. The lowest BCUT2D eigenvalue weighted by atomic mass is 10.1. The van der Waals surface area contributed by atoms with E-state index < -0.39 is 0 Å². The fraction of sp³-hybridized carbons (Fsp3) is 0.643. The second kappa shape index (κ2) is 7.19. The summed E-state index contributed by atoms with van der Waals surface area (Å²) >= 11 is 0. The molecular weight excluding hydrogens is 256 g/mol. The topological polar surface area (TPSA) is 67.4 Å². The molecule has 0 radical (unpaired) electrons. The van der Waals surface area contributed by atoms with Crippen LogP contribution in [0.2, 0.25) is 0 Å². The minimum absolute atomic E-state index is 0.0471. The average molecular weight is 278 g/mol. The summed E-state index contributed by atoms with van der Waals surface area (Å²) in [5.41, 5.74) is 0.405. The van der Waals surface area contributed by atoms with Crippen LogP contribution in [0.25, 0.3) is 0 Å². The minimum Gasteiger partial charge on any atom is -0.381 e. The second-order valence-corrected chi connectivity index (χ2v) is 4.94. The van der Waals surface area contributed by atoms with Gasteiger partial charge >= 0.3 is 0 Å². The molecule has 6 nitrogen and oxygen atoms in total. The zero-order chi connectivity index (χ0) is 14.4. The van der Waals surface area contributed by atoms with E-state index in [-0.39, 0.29) is 12.0 Å². The van der Waals surface area contributed by atoms with Gasteiger partial charge in [-0.25, -0.2) is 9.97 Å². The van der Waals surface area contributed by atoms with E-state index in [4.69, 9.17) is 4.74 Å². The Morgan fingerprint density at radius 1 is 1.40 bits per heavy atom. The van der Waals surface area contributed by atoms with Crippen molar-refractivity contribution >= 4 is 11.7 Å². The number of carbonyl (C=O) groups is 1. The molecule has 1 saturated heterocycles. The maximum absolute atomic E-state index is 12.3. The van der Waals surface area contributed by atoms with E-state index in [2.05, 4.69) is 22.2 Å². The fourth-order valence-electron chi connectivity index (χ4n) is 2.24. The number of aromatic nitrogens is 2. The fourth-order valence-corrected chi connectivity index (χ4v) is 2.24. The maximum Gasteiger partial charge on any atom is 0.274 e. The first-order valence-corrected chi connectivity index (χ1v) is 7.12. The number of hydrogen-bond acceptors (Lipinski definition) is 5. The van der Waals surface area contributed by atoms with Crippen LogP contribution < -0.4 is 5.32 Å². The van der Waals surface area contributed by atoms with Gasteiger partial charge in [0.05, 0.1) is 18.5 Å². The first-order valence-electron chi connectivity index (χ1n) is 7.12. The van der Waals surface area contributed by atoms with Gasteiger partial charge in [-0.1, -0.05) is 6.92 Å². The van der Waals surface area contributed by atoms with Crippen molar-refractivity contribution in [1.29, 1.82) is 0 Å². The van der Waals surface area contributed by atoms with Crippen LogP contribution in [-0.2, 0) is 4.74 Å². The smallest absolute Gasteiger partial charge is 0.274 e. The van der Waals surface area contributed by atoms with Crippen LogP contribution in [0.4, 0.5) is 5.82 Å². The molecular formula is C14H22N4O2. The maximum atomic E-state index is 12.3. The van der Waals surface area contributed by atoms with Crippen LogP contribution >= 0.6 is 0 Å². The van der Waals surface area contributed by atoms with E-state index in [9.17, 15) is 4.79 Å². The Morgan fingerprint density at radius 2 is 2.15 bits per heavy atom. The summed E-state index contributed by atoms with van der Waals surface area (Å²) in [7, 11) is 1.72. The molecule has 0 spiro atoms. The van der Waals surface area contributed by atoms with Gasteiger partial charge in [0.15, 0.2) is 0 Å². The first kappa shape index (κ1) is 14.7. The van der Waals surface area contributed by atoms with Crippen molar-refractivity contribution in [2.45, 2.75) is 32.3 Å². The Balaban J connectivity index is 1.92. The number of hydrogen-bond donors (Lipinski definition) is 1. The Kier molecular flexibility index (Phi) is 5.29. The van der Waals surface area contributed by atoms with Crippen molar-refractivity contribution in [2.24, 2.45) is 0 Å². The number of nitrogens with zero attached hydrogens (tertiary/aromatic N) is 3. The number of rotatable bonds is 5. The van der Waals surface area contributed by atoms with Crippen molar-refractivity contribution in [2.75, 3.05) is 32.1 Å². The Bertz CT molecular complexity index is 427. The summed E-state index contributed by atoms with van der Waals surface area (Å²) in [5, 5.41) is 3.14. The lowest BCUT2D eigenvalue weighted by Crippen LogP contribution is -2.41. The molecule has 20 heavy (non-hydrogen) atoms. The Morgan fingerprint density at radius 3 is 2.70 bits per heavy atom. The van der Waals surface area contributed by atoms with Gasteiger partial charge in [0, 0.05) is 26.7 Å². The molecule has 1 aromatic rings. The normalized spacial score (nSPS) is 16.2. The average Bonchev–Trinajstić information content (AvgIpc) is 2.53. The van der Waals surface area contributed by atoms with Crippen molar-refractivity contribution in [3.63, 3.8) is 0 Å². The lowest BCUT2D eigenvalue weighted by Gasteiger charge is -2.30. The molecule has 110 valence electrons. The summed E-state index contributed by atoms with van der Waals surface area (Å²) in [6.45, 7) is 4.37. The summed E-state index contributed by atoms with van der Waals surface area (Å²) in [5.74, 6) is 0.663. The molecule has 1 aromatic heterocycles. The van der Waals surface area contributed by atoms with Crippen molar-refractivity contribution in [3.8, 4) is 0 Å². The summed E-state index contributed by atoms with van der Waals surface area (Å²) in [6, 6.07) is 0. The molecule has 2 heterocycles. The third-order valence-corrected chi connectivity index (χ3v) is 3.49. The molecule has 0 aliphatic carbocycles. The number of nitrogens with one attached hydrogen (secondary N) is 1. The standard InChI is InChI=1S/C14H22N4O2/c1-3-6-15-13-10-16-12(9-17-13)14(19)18-7-4-11(20-2)5-8-18/h9-11H,3-8H2,1-2H3,(H,15,17). The minimum atomic E-state index is -0.0471. The summed E-state index contributed by atoms with van der Waals surface area (Å²) in [6.07, 6.45) is 6.22. The van der Waals surface area contributed by atoms with Crippen LogP contribution in [0.1, 0.15) is 36.7 Å². The molecule has 0 unspecified atom stereocenters. The van der Waals surface area contributed by atoms with Crippen LogP contribution in [0.5, 0.6) is 0 Å². The number of likely N-dealkylation sites (tertiary alicyclic amines) is 1. The molecule has 0 atom stereocenters. The highest BCUT2D eigenvalue weighted by atomic mass is 16.5. The van der Waals surface area contributed by atoms with Gasteiger partial charge in [-0.2, -0.15) is 0 Å². The van der Waals surface area contributed by atoms with Crippen molar-refractivity contribution in [3.05, 3.63) is 18.1 Å². The highest BCUT2D eigenvalue weighted by Crippen LogP contribution is 2.15. The van der Waals surface area contributed by atoms with Crippen LogP contribution in [0, 0.1) is 0 Å². The number of anilines is 1. The highest BCUT2D eigenvalue weighted by molar-refractivity contribution is 5.92. The van der Waals surface area contributed by atoms with E-state index in [1.165, 1.54) is 0 Å². The van der Waals surface area contributed by atoms with Gasteiger partial charge < -0.3 is 15.0 Å². The van der Waals surface area contributed by atoms with E-state index in [1.807, 2.05) is 4.90 Å². The van der Waals surface area contributed by atoms with E-state index in [0.717, 1.165) is 38.9 Å². The zero-order valence-corrected chi connectivity index (χ0v) is 12.1. The van der Waals surface area contributed by atoms with Gasteiger partial charge in [-0.05, 0) is 19.3 Å².